The molecule has 50 heavy (non-hydrogen) atoms. The zero-order chi connectivity index (χ0) is 35.9. The van der Waals surface area contributed by atoms with Gasteiger partial charge in [-0.05, 0) is 95.9 Å². The fraction of sp³-hybridized carbons (Fsp3) is 0.278. The predicted octanol–water partition coefficient (Wildman–Crippen LogP) is 5.24. The van der Waals surface area contributed by atoms with E-state index in [0.29, 0.717) is 47.9 Å². The third kappa shape index (κ3) is 7.92. The van der Waals surface area contributed by atoms with Gasteiger partial charge in [-0.3, -0.25) is 9.36 Å². The number of carbonyl (C=O) groups excluding carboxylic acids is 2. The molecule has 0 aliphatic carbocycles. The first-order chi connectivity index (χ1) is 24.1. The summed E-state index contributed by atoms with van der Waals surface area (Å²) in [6.07, 6.45) is 1.71. The minimum atomic E-state index is -0.912. The average Bonchev–Trinajstić information content (AvgIpc) is 3.40. The molecule has 1 aromatic heterocycles. The zero-order valence-corrected chi connectivity index (χ0v) is 30.3. The first-order valence-electron chi connectivity index (χ1n) is 15.5. The number of hydrogen-bond donors (Lipinski definition) is 0. The SMILES string of the molecule is CCOC(=O)C1=C(C)N=c2s/c(=C\c3cc(Br)c(OCc4ccc(F)cc4)c(OC)c3)c(=O)n2[C@H]1c1ccc(OCC(=O)OC)c(OCC)c1. The fourth-order valence-corrected chi connectivity index (χ4v) is 6.86. The predicted molar refractivity (Wildman–Crippen MR) is 187 cm³/mol. The number of carbonyl (C=O) groups is 2. The highest BCUT2D eigenvalue weighted by Crippen LogP contribution is 2.38. The first-order valence-corrected chi connectivity index (χ1v) is 17.1. The van der Waals surface area contributed by atoms with Crippen molar-refractivity contribution in [3.05, 3.63) is 113 Å². The van der Waals surface area contributed by atoms with Gasteiger partial charge in [-0.25, -0.2) is 19.0 Å². The topological polar surface area (TPSA) is 124 Å². The van der Waals surface area contributed by atoms with Crippen LogP contribution in [-0.2, 0) is 25.7 Å². The molecule has 11 nitrogen and oxygen atoms in total. The van der Waals surface area contributed by atoms with Crippen LogP contribution in [0.3, 0.4) is 0 Å². The molecule has 0 saturated carbocycles. The van der Waals surface area contributed by atoms with Crippen LogP contribution < -0.4 is 33.8 Å². The largest absolute Gasteiger partial charge is 0.493 e. The van der Waals surface area contributed by atoms with Crippen LogP contribution in [-0.4, -0.2) is 50.5 Å². The van der Waals surface area contributed by atoms with Crippen LogP contribution in [0.1, 0.15) is 43.5 Å². The van der Waals surface area contributed by atoms with Crippen LogP contribution in [0.2, 0.25) is 0 Å². The summed E-state index contributed by atoms with van der Waals surface area (Å²) in [5.41, 5.74) is 2.16. The molecule has 1 atom stereocenters. The van der Waals surface area contributed by atoms with E-state index in [-0.39, 0.29) is 49.1 Å². The number of aromatic nitrogens is 1. The molecule has 3 aromatic carbocycles. The summed E-state index contributed by atoms with van der Waals surface area (Å²) >= 11 is 4.72. The Labute approximate surface area is 299 Å². The summed E-state index contributed by atoms with van der Waals surface area (Å²) in [4.78, 5) is 44.4. The van der Waals surface area contributed by atoms with Gasteiger partial charge in [0.2, 0.25) is 0 Å². The maximum atomic E-state index is 14.2. The monoisotopic (exact) mass is 768 g/mol. The van der Waals surface area contributed by atoms with E-state index < -0.39 is 18.0 Å². The van der Waals surface area contributed by atoms with Gasteiger partial charge in [0.05, 0.1) is 53.8 Å². The number of methoxy groups -OCH3 is 2. The molecule has 4 aromatic rings. The highest BCUT2D eigenvalue weighted by Gasteiger charge is 2.34. The number of fused-ring (bicyclic) bond motifs is 1. The Bertz CT molecular complexity index is 2130. The van der Waals surface area contributed by atoms with E-state index in [2.05, 4.69) is 25.7 Å². The molecule has 1 aliphatic rings. The highest BCUT2D eigenvalue weighted by atomic mass is 79.9. The average molecular weight is 770 g/mol. The normalized spacial score (nSPS) is 14.1. The molecule has 1 aliphatic heterocycles. The lowest BCUT2D eigenvalue weighted by atomic mass is 9.95. The third-order valence-corrected chi connectivity index (χ3v) is 9.09. The van der Waals surface area contributed by atoms with Crippen LogP contribution in [0.25, 0.3) is 6.08 Å². The van der Waals surface area contributed by atoms with Gasteiger partial charge >= 0.3 is 11.9 Å². The fourth-order valence-electron chi connectivity index (χ4n) is 5.24. The second-order valence-electron chi connectivity index (χ2n) is 10.8. The van der Waals surface area contributed by atoms with E-state index in [1.54, 1.807) is 69.3 Å². The van der Waals surface area contributed by atoms with E-state index in [4.69, 9.17) is 23.7 Å². The van der Waals surface area contributed by atoms with Crippen LogP contribution in [0.5, 0.6) is 23.0 Å². The lowest BCUT2D eigenvalue weighted by Gasteiger charge is -2.25. The molecule has 0 unspecified atom stereocenters. The minimum absolute atomic E-state index is 0.123. The number of rotatable bonds is 13. The minimum Gasteiger partial charge on any atom is -0.493 e. The van der Waals surface area contributed by atoms with Crippen molar-refractivity contribution in [2.75, 3.05) is 34.0 Å². The van der Waals surface area contributed by atoms with Crippen molar-refractivity contribution in [3.8, 4) is 23.0 Å². The standard InChI is InChI=1S/C36H34BrFN2O9S/c1-6-46-27-17-23(10-13-26(27)48-19-30(41)45-5)32-31(35(43)47-7-2)20(3)39-36-40(32)34(42)29(50-36)16-22-14-25(37)33(28(15-22)44-4)49-18-21-8-11-24(38)12-9-21/h8-17,32H,6-7,18-19H2,1-5H3/b29-16-/t32-/m0/s1. The molecular weight excluding hydrogens is 735 g/mol. The Morgan fingerprint density at radius 2 is 1.74 bits per heavy atom. The second kappa shape index (κ2) is 16.2. The summed E-state index contributed by atoms with van der Waals surface area (Å²) in [7, 11) is 2.77. The molecule has 0 saturated heterocycles. The van der Waals surface area contributed by atoms with Crippen LogP contribution in [0, 0.1) is 5.82 Å². The molecule has 0 bridgehead atoms. The van der Waals surface area contributed by atoms with Crippen molar-refractivity contribution >= 4 is 45.3 Å². The summed E-state index contributed by atoms with van der Waals surface area (Å²) < 4.78 is 48.9. The molecule has 5 rings (SSSR count). The molecule has 0 amide bonds. The maximum Gasteiger partial charge on any atom is 0.343 e. The van der Waals surface area contributed by atoms with Gasteiger partial charge in [-0.1, -0.05) is 29.5 Å². The van der Waals surface area contributed by atoms with E-state index in [1.165, 1.54) is 42.3 Å². The van der Waals surface area contributed by atoms with Gasteiger partial charge in [0.25, 0.3) is 5.56 Å². The highest BCUT2D eigenvalue weighted by molar-refractivity contribution is 9.10. The number of nitrogens with zero attached hydrogens (tertiary/aromatic N) is 2. The van der Waals surface area contributed by atoms with Gasteiger partial charge < -0.3 is 28.4 Å². The molecule has 2 heterocycles. The van der Waals surface area contributed by atoms with E-state index in [9.17, 15) is 18.8 Å². The van der Waals surface area contributed by atoms with Gasteiger partial charge in [-0.2, -0.15) is 0 Å². The van der Waals surface area contributed by atoms with Gasteiger partial charge in [-0.15, -0.1) is 0 Å². The Balaban J connectivity index is 1.58. The number of ether oxygens (including phenoxy) is 6. The summed E-state index contributed by atoms with van der Waals surface area (Å²) in [6, 6.07) is 13.6. The van der Waals surface area contributed by atoms with Crippen molar-refractivity contribution in [3.63, 3.8) is 0 Å². The Kier molecular flexibility index (Phi) is 11.8. The van der Waals surface area contributed by atoms with Crippen molar-refractivity contribution in [1.29, 1.82) is 0 Å². The molecule has 0 fully saturated rings. The molecule has 0 radical (unpaired) electrons. The first kappa shape index (κ1) is 36.3. The lowest BCUT2D eigenvalue weighted by molar-refractivity contribution is -0.143. The van der Waals surface area contributed by atoms with E-state index in [0.717, 1.165) is 5.56 Å². The number of halogens is 2. The summed E-state index contributed by atoms with van der Waals surface area (Å²) in [6.45, 7) is 5.45. The van der Waals surface area contributed by atoms with Crippen LogP contribution >= 0.6 is 27.3 Å². The molecular formula is C36H34BrFN2O9S. The Hall–Kier alpha value is -4.95. The van der Waals surface area contributed by atoms with Crippen molar-refractivity contribution in [2.24, 2.45) is 4.99 Å². The Morgan fingerprint density at radius 3 is 2.42 bits per heavy atom. The lowest BCUT2D eigenvalue weighted by Crippen LogP contribution is -2.40. The van der Waals surface area contributed by atoms with Gasteiger partial charge in [0.1, 0.15) is 12.4 Å². The smallest absolute Gasteiger partial charge is 0.343 e. The number of hydrogen-bond acceptors (Lipinski definition) is 11. The summed E-state index contributed by atoms with van der Waals surface area (Å²) in [5.74, 6) is -0.0588. The summed E-state index contributed by atoms with van der Waals surface area (Å²) in [5, 5.41) is 0. The number of benzene rings is 3. The molecule has 0 spiro atoms. The van der Waals surface area contributed by atoms with Gasteiger partial charge in [0, 0.05) is 0 Å². The van der Waals surface area contributed by atoms with Crippen molar-refractivity contribution in [2.45, 2.75) is 33.4 Å². The third-order valence-electron chi connectivity index (χ3n) is 7.52. The quantitative estimate of drug-likeness (QED) is 0.168. The van der Waals surface area contributed by atoms with Gasteiger partial charge in [0.15, 0.2) is 34.4 Å². The van der Waals surface area contributed by atoms with Crippen LogP contribution in [0.4, 0.5) is 4.39 Å². The molecule has 0 N–H and O–H groups in total. The van der Waals surface area contributed by atoms with Crippen molar-refractivity contribution < 1.29 is 42.4 Å². The van der Waals surface area contributed by atoms with E-state index in [1.807, 2.05) is 0 Å². The second-order valence-corrected chi connectivity index (χ2v) is 12.6. The molecule has 262 valence electrons. The number of allylic oxidation sites excluding steroid dienone is 1. The van der Waals surface area contributed by atoms with Crippen LogP contribution in [0.15, 0.2) is 80.1 Å². The number of esters is 2. The van der Waals surface area contributed by atoms with E-state index >= 15 is 0 Å². The van der Waals surface area contributed by atoms with Crippen molar-refractivity contribution in [1.82, 2.24) is 4.57 Å². The molecule has 14 heteroatoms. The zero-order valence-electron chi connectivity index (χ0n) is 27.9. The maximum absolute atomic E-state index is 14.2. The Morgan fingerprint density at radius 1 is 0.980 bits per heavy atom. The number of thiazole rings is 1.